The number of fused-ring (bicyclic) bond motifs is 1. The fraction of sp³-hybridized carbons (Fsp3) is 0.500. The van der Waals surface area contributed by atoms with Crippen LogP contribution in [0.2, 0.25) is 0 Å². The van der Waals surface area contributed by atoms with Gasteiger partial charge in [-0.3, -0.25) is 9.59 Å². The molecule has 1 aliphatic heterocycles. The molecular formula is C28H34N2O3. The van der Waals surface area contributed by atoms with Crippen molar-refractivity contribution < 1.29 is 14.3 Å². The standard InChI is InChI=1S/C28H34N2O3/c1-2-25(27(31)29-22-13-14-22)33-23-15-12-19-16-17-30(28(32)21-10-6-7-11-21)26(24(19)18-23)20-8-4-3-5-9-20/h3-5,8-9,12,15,18,21-22,25-26H,2,6-7,10-11,13-14,16-17H2,1H3,(H,29,31). The predicted octanol–water partition coefficient (Wildman–Crippen LogP) is 4.79. The molecule has 1 N–H and O–H groups in total. The molecule has 2 atom stereocenters. The highest BCUT2D eigenvalue weighted by atomic mass is 16.5. The Morgan fingerprint density at radius 3 is 2.52 bits per heavy atom. The van der Waals surface area contributed by atoms with E-state index < -0.39 is 6.10 Å². The van der Waals surface area contributed by atoms with Crippen LogP contribution in [0.15, 0.2) is 48.5 Å². The van der Waals surface area contributed by atoms with Gasteiger partial charge in [0.25, 0.3) is 5.91 Å². The molecular weight excluding hydrogens is 412 g/mol. The van der Waals surface area contributed by atoms with Crippen LogP contribution in [0.4, 0.5) is 0 Å². The number of benzene rings is 2. The van der Waals surface area contributed by atoms with Crippen LogP contribution in [0.1, 0.15) is 74.6 Å². The largest absolute Gasteiger partial charge is 0.481 e. The number of ether oxygens (including phenoxy) is 1. The lowest BCUT2D eigenvalue weighted by molar-refractivity contribution is -0.137. The second-order valence-corrected chi connectivity index (χ2v) is 9.73. The molecule has 0 saturated heterocycles. The van der Waals surface area contributed by atoms with Gasteiger partial charge < -0.3 is 15.0 Å². The third-order valence-corrected chi connectivity index (χ3v) is 7.31. The van der Waals surface area contributed by atoms with Gasteiger partial charge in [0.05, 0.1) is 6.04 Å². The third kappa shape index (κ3) is 4.78. The normalized spacial score (nSPS) is 21.4. The lowest BCUT2D eigenvalue weighted by atomic mass is 9.87. The van der Waals surface area contributed by atoms with Gasteiger partial charge in [0, 0.05) is 18.5 Å². The minimum Gasteiger partial charge on any atom is -0.481 e. The quantitative estimate of drug-likeness (QED) is 0.665. The Morgan fingerprint density at radius 1 is 1.06 bits per heavy atom. The zero-order chi connectivity index (χ0) is 22.8. The van der Waals surface area contributed by atoms with Gasteiger partial charge in [-0.15, -0.1) is 0 Å². The minimum atomic E-state index is -0.501. The fourth-order valence-corrected chi connectivity index (χ4v) is 5.31. The van der Waals surface area contributed by atoms with Gasteiger partial charge in [0.15, 0.2) is 6.10 Å². The summed E-state index contributed by atoms with van der Waals surface area (Å²) < 4.78 is 6.18. The first kappa shape index (κ1) is 22.0. The Hall–Kier alpha value is -2.82. The van der Waals surface area contributed by atoms with E-state index >= 15 is 0 Å². The summed E-state index contributed by atoms with van der Waals surface area (Å²) in [5.74, 6) is 1.10. The highest BCUT2D eigenvalue weighted by Gasteiger charge is 2.36. The monoisotopic (exact) mass is 446 g/mol. The third-order valence-electron chi connectivity index (χ3n) is 7.31. The van der Waals surface area contributed by atoms with E-state index in [1.807, 2.05) is 31.2 Å². The van der Waals surface area contributed by atoms with Crippen molar-refractivity contribution in [1.82, 2.24) is 10.2 Å². The maximum atomic E-state index is 13.5. The van der Waals surface area contributed by atoms with Crippen LogP contribution in [0.25, 0.3) is 0 Å². The molecule has 174 valence electrons. The van der Waals surface area contributed by atoms with E-state index in [1.165, 1.54) is 5.56 Å². The Kier molecular flexibility index (Phi) is 6.39. The molecule has 2 saturated carbocycles. The van der Waals surface area contributed by atoms with E-state index in [0.29, 0.717) is 18.2 Å². The van der Waals surface area contributed by atoms with Gasteiger partial charge in [0.1, 0.15) is 5.75 Å². The van der Waals surface area contributed by atoms with Crippen LogP contribution < -0.4 is 10.1 Å². The summed E-state index contributed by atoms with van der Waals surface area (Å²) >= 11 is 0. The molecule has 0 radical (unpaired) electrons. The van der Waals surface area contributed by atoms with Gasteiger partial charge in [-0.1, -0.05) is 56.2 Å². The van der Waals surface area contributed by atoms with Crippen molar-refractivity contribution in [1.29, 1.82) is 0 Å². The smallest absolute Gasteiger partial charge is 0.261 e. The summed E-state index contributed by atoms with van der Waals surface area (Å²) in [5, 5.41) is 3.06. The zero-order valence-electron chi connectivity index (χ0n) is 19.5. The SMILES string of the molecule is CCC(Oc1ccc2c(c1)C(c1ccccc1)N(C(=O)C1CCCC1)CC2)C(=O)NC1CC1. The Balaban J connectivity index is 1.45. The van der Waals surface area contributed by atoms with E-state index in [4.69, 9.17) is 4.74 Å². The maximum Gasteiger partial charge on any atom is 0.261 e. The lowest BCUT2D eigenvalue weighted by Gasteiger charge is -2.39. The summed E-state index contributed by atoms with van der Waals surface area (Å²) in [6.07, 6.45) is 7.38. The molecule has 5 nitrogen and oxygen atoms in total. The number of hydrogen-bond donors (Lipinski definition) is 1. The van der Waals surface area contributed by atoms with Crippen molar-refractivity contribution in [3.05, 3.63) is 65.2 Å². The van der Waals surface area contributed by atoms with Gasteiger partial charge in [0.2, 0.25) is 5.91 Å². The lowest BCUT2D eigenvalue weighted by Crippen LogP contribution is -2.43. The number of nitrogens with one attached hydrogen (secondary N) is 1. The molecule has 5 rings (SSSR count). The van der Waals surface area contributed by atoms with E-state index in [0.717, 1.165) is 62.6 Å². The number of rotatable bonds is 7. The molecule has 2 fully saturated rings. The topological polar surface area (TPSA) is 58.6 Å². The van der Waals surface area contributed by atoms with Gasteiger partial charge >= 0.3 is 0 Å². The number of nitrogens with zero attached hydrogens (tertiary/aromatic N) is 1. The van der Waals surface area contributed by atoms with Crippen LogP contribution in [-0.4, -0.2) is 35.4 Å². The summed E-state index contributed by atoms with van der Waals surface area (Å²) in [5.41, 5.74) is 3.50. The van der Waals surface area contributed by atoms with E-state index in [1.54, 1.807) is 0 Å². The summed E-state index contributed by atoms with van der Waals surface area (Å²) in [7, 11) is 0. The first-order valence-electron chi connectivity index (χ1n) is 12.6. The molecule has 33 heavy (non-hydrogen) atoms. The fourth-order valence-electron chi connectivity index (χ4n) is 5.31. The maximum absolute atomic E-state index is 13.5. The molecule has 0 bridgehead atoms. The van der Waals surface area contributed by atoms with E-state index in [2.05, 4.69) is 34.5 Å². The number of carbonyl (C=O) groups excluding carboxylic acids is 2. The van der Waals surface area contributed by atoms with Crippen LogP contribution >= 0.6 is 0 Å². The molecule has 2 unspecified atom stereocenters. The molecule has 1 heterocycles. The van der Waals surface area contributed by atoms with E-state index in [9.17, 15) is 9.59 Å². The Morgan fingerprint density at radius 2 is 1.82 bits per heavy atom. The number of hydrogen-bond acceptors (Lipinski definition) is 3. The molecule has 0 aromatic heterocycles. The molecule has 0 spiro atoms. The molecule has 5 heteroatoms. The van der Waals surface area contributed by atoms with Gasteiger partial charge in [-0.05, 0) is 67.3 Å². The van der Waals surface area contributed by atoms with Crippen LogP contribution in [-0.2, 0) is 16.0 Å². The van der Waals surface area contributed by atoms with Crippen molar-refractivity contribution in [2.75, 3.05) is 6.54 Å². The number of amides is 2. The minimum absolute atomic E-state index is 0.0321. The van der Waals surface area contributed by atoms with Gasteiger partial charge in [-0.2, -0.15) is 0 Å². The van der Waals surface area contributed by atoms with Crippen molar-refractivity contribution in [2.45, 2.75) is 76.5 Å². The Labute approximate surface area is 196 Å². The summed E-state index contributed by atoms with van der Waals surface area (Å²) in [6.45, 7) is 2.72. The van der Waals surface area contributed by atoms with Crippen LogP contribution in [0, 0.1) is 5.92 Å². The molecule has 3 aliphatic rings. The molecule has 2 aromatic rings. The second-order valence-electron chi connectivity index (χ2n) is 9.73. The molecule has 2 aromatic carbocycles. The van der Waals surface area contributed by atoms with Crippen molar-refractivity contribution >= 4 is 11.8 Å². The van der Waals surface area contributed by atoms with Crippen LogP contribution in [0.3, 0.4) is 0 Å². The molecule has 2 amide bonds. The predicted molar refractivity (Wildman–Crippen MR) is 128 cm³/mol. The second kappa shape index (κ2) is 9.58. The van der Waals surface area contributed by atoms with Crippen LogP contribution in [0.5, 0.6) is 5.75 Å². The Bertz CT molecular complexity index is 995. The highest BCUT2D eigenvalue weighted by Crippen LogP contribution is 2.39. The first-order chi connectivity index (χ1) is 16.1. The summed E-state index contributed by atoms with van der Waals surface area (Å²) in [4.78, 5) is 28.2. The van der Waals surface area contributed by atoms with Crippen molar-refractivity contribution in [3.8, 4) is 5.75 Å². The zero-order valence-corrected chi connectivity index (χ0v) is 19.5. The summed E-state index contributed by atoms with van der Waals surface area (Å²) in [6, 6.07) is 16.7. The first-order valence-corrected chi connectivity index (χ1v) is 12.6. The van der Waals surface area contributed by atoms with Crippen molar-refractivity contribution in [3.63, 3.8) is 0 Å². The van der Waals surface area contributed by atoms with Gasteiger partial charge in [-0.25, -0.2) is 0 Å². The highest BCUT2D eigenvalue weighted by molar-refractivity contribution is 5.82. The number of carbonyl (C=O) groups is 2. The van der Waals surface area contributed by atoms with E-state index in [-0.39, 0.29) is 23.8 Å². The average Bonchev–Trinajstić information content (AvgIpc) is 3.49. The van der Waals surface area contributed by atoms with Crippen molar-refractivity contribution in [2.24, 2.45) is 5.92 Å². The molecule has 2 aliphatic carbocycles. The average molecular weight is 447 g/mol.